The molecule has 0 rings (SSSR count). The summed E-state index contributed by atoms with van der Waals surface area (Å²) in [4.78, 5) is 23.6. The van der Waals surface area contributed by atoms with Gasteiger partial charge in [0.2, 0.25) is 0 Å². The molecule has 0 aromatic carbocycles. The van der Waals surface area contributed by atoms with E-state index in [1.54, 1.807) is 11.8 Å². The van der Waals surface area contributed by atoms with E-state index in [-0.39, 0.29) is 19.0 Å². The van der Waals surface area contributed by atoms with Gasteiger partial charge in [0.25, 0.3) is 0 Å². The highest BCUT2D eigenvalue weighted by atomic mass is 32.2. The maximum atomic E-state index is 11.6. The summed E-state index contributed by atoms with van der Waals surface area (Å²) in [5.74, 6) is 0.225. The quantitative estimate of drug-likeness (QED) is 0.620. The van der Waals surface area contributed by atoms with Crippen molar-refractivity contribution in [1.29, 1.82) is 0 Å². The summed E-state index contributed by atoms with van der Waals surface area (Å²) in [6, 6.07) is -0.169. The van der Waals surface area contributed by atoms with Crippen LogP contribution in [0, 0.1) is 0 Å². The Balaban J connectivity index is 3.72. The van der Waals surface area contributed by atoms with Crippen molar-refractivity contribution in [2.75, 3.05) is 31.6 Å². The lowest BCUT2D eigenvalue weighted by Crippen LogP contribution is -2.41. The predicted molar refractivity (Wildman–Crippen MR) is 70.5 cm³/mol. The Morgan fingerprint density at radius 3 is 2.59 bits per heavy atom. The fourth-order valence-corrected chi connectivity index (χ4v) is 1.81. The van der Waals surface area contributed by atoms with Crippen LogP contribution in [0.15, 0.2) is 0 Å². The molecule has 0 aliphatic heterocycles. The van der Waals surface area contributed by atoms with Gasteiger partial charge in [-0.15, -0.1) is 0 Å². The molecule has 0 bridgehead atoms. The summed E-state index contributed by atoms with van der Waals surface area (Å²) in [6.45, 7) is 3.30. The lowest BCUT2D eigenvalue weighted by Gasteiger charge is -2.20. The summed E-state index contributed by atoms with van der Waals surface area (Å²) in [7, 11) is 0. The second kappa shape index (κ2) is 10.3. The molecule has 2 N–H and O–H groups in total. The number of carboxylic acids is 1. The van der Waals surface area contributed by atoms with Crippen LogP contribution in [0.4, 0.5) is 4.79 Å². The Hall–Kier alpha value is -0.910. The van der Waals surface area contributed by atoms with Gasteiger partial charge >= 0.3 is 12.0 Å². The molecule has 2 amide bonds. The minimum absolute atomic E-state index is 0.00622. The lowest BCUT2D eigenvalue weighted by atomic mass is 10.3. The Morgan fingerprint density at radius 2 is 2.06 bits per heavy atom. The van der Waals surface area contributed by atoms with Crippen molar-refractivity contribution >= 4 is 23.8 Å². The smallest absolute Gasteiger partial charge is 0.317 e. The van der Waals surface area contributed by atoms with Crippen LogP contribution in [0.25, 0.3) is 0 Å². The zero-order valence-electron chi connectivity index (χ0n) is 10.6. The number of nitrogens with zero attached hydrogens (tertiary/aromatic N) is 1. The van der Waals surface area contributed by atoms with E-state index in [1.807, 2.05) is 6.92 Å². The second-order valence-corrected chi connectivity index (χ2v) is 4.64. The van der Waals surface area contributed by atoms with Gasteiger partial charge in [-0.2, -0.15) is 11.8 Å². The van der Waals surface area contributed by atoms with Crippen LogP contribution in [0.1, 0.15) is 26.2 Å². The standard InChI is InChI=1S/C11H22N2O3S/c1-3-13(8-6-10(14)15)11(16)12-7-4-5-9-17-2/h3-9H2,1-2H3,(H,12,16)(H,14,15). The molecular formula is C11H22N2O3S. The highest BCUT2D eigenvalue weighted by Gasteiger charge is 2.11. The molecule has 0 heterocycles. The summed E-state index contributed by atoms with van der Waals surface area (Å²) >= 11 is 1.79. The number of nitrogens with one attached hydrogen (secondary N) is 1. The van der Waals surface area contributed by atoms with Gasteiger partial charge in [-0.25, -0.2) is 4.79 Å². The van der Waals surface area contributed by atoms with E-state index >= 15 is 0 Å². The fourth-order valence-electron chi connectivity index (χ4n) is 1.31. The van der Waals surface area contributed by atoms with Crippen molar-refractivity contribution in [2.45, 2.75) is 26.2 Å². The first-order chi connectivity index (χ1) is 8.11. The molecule has 0 radical (unpaired) electrons. The zero-order valence-corrected chi connectivity index (χ0v) is 11.4. The first kappa shape index (κ1) is 16.1. The van der Waals surface area contributed by atoms with Gasteiger partial charge in [-0.3, -0.25) is 4.79 Å². The first-order valence-corrected chi connectivity index (χ1v) is 7.24. The van der Waals surface area contributed by atoms with Gasteiger partial charge in [0, 0.05) is 19.6 Å². The molecule has 0 aliphatic rings. The number of carbonyl (C=O) groups excluding carboxylic acids is 1. The van der Waals surface area contributed by atoms with E-state index in [0.717, 1.165) is 18.6 Å². The van der Waals surface area contributed by atoms with Crippen molar-refractivity contribution in [3.63, 3.8) is 0 Å². The van der Waals surface area contributed by atoms with Gasteiger partial charge in [0.1, 0.15) is 0 Å². The number of carboxylic acid groups (broad SMARTS) is 1. The van der Waals surface area contributed by atoms with Crippen molar-refractivity contribution in [3.8, 4) is 0 Å². The van der Waals surface area contributed by atoms with Gasteiger partial charge in [0.05, 0.1) is 6.42 Å². The third-order valence-electron chi connectivity index (χ3n) is 2.32. The number of amides is 2. The lowest BCUT2D eigenvalue weighted by molar-refractivity contribution is -0.137. The Morgan fingerprint density at radius 1 is 1.35 bits per heavy atom. The normalized spacial score (nSPS) is 10.0. The van der Waals surface area contributed by atoms with Crippen LogP contribution in [-0.2, 0) is 4.79 Å². The van der Waals surface area contributed by atoms with Crippen LogP contribution in [0.3, 0.4) is 0 Å². The average molecular weight is 262 g/mol. The Bertz CT molecular complexity index is 237. The monoisotopic (exact) mass is 262 g/mol. The van der Waals surface area contributed by atoms with Crippen molar-refractivity contribution in [2.24, 2.45) is 0 Å². The third-order valence-corrected chi connectivity index (χ3v) is 3.01. The Labute approximate surface area is 107 Å². The molecule has 0 fully saturated rings. The molecule has 0 unspecified atom stereocenters. The maximum absolute atomic E-state index is 11.6. The number of aliphatic carboxylic acids is 1. The molecule has 0 aliphatic carbocycles. The van der Waals surface area contributed by atoms with E-state index in [2.05, 4.69) is 11.6 Å². The third kappa shape index (κ3) is 8.85. The van der Waals surface area contributed by atoms with E-state index in [0.29, 0.717) is 13.1 Å². The molecule has 6 heteroatoms. The van der Waals surface area contributed by atoms with E-state index in [9.17, 15) is 9.59 Å². The number of thioether (sulfide) groups is 1. The largest absolute Gasteiger partial charge is 0.481 e. The molecule has 0 atom stereocenters. The van der Waals surface area contributed by atoms with E-state index in [1.165, 1.54) is 4.90 Å². The number of urea groups is 1. The molecule has 5 nitrogen and oxygen atoms in total. The minimum atomic E-state index is -0.878. The van der Waals surface area contributed by atoms with Gasteiger partial charge < -0.3 is 15.3 Å². The number of hydrogen-bond acceptors (Lipinski definition) is 3. The molecule has 0 saturated heterocycles. The second-order valence-electron chi connectivity index (χ2n) is 3.66. The molecular weight excluding hydrogens is 240 g/mol. The van der Waals surface area contributed by atoms with Crippen molar-refractivity contribution < 1.29 is 14.7 Å². The van der Waals surface area contributed by atoms with Gasteiger partial charge in [-0.1, -0.05) is 0 Å². The van der Waals surface area contributed by atoms with Crippen LogP contribution >= 0.6 is 11.8 Å². The fraction of sp³-hybridized carbons (Fsp3) is 0.818. The summed E-state index contributed by atoms with van der Waals surface area (Å²) in [6.07, 6.45) is 4.10. The summed E-state index contributed by atoms with van der Waals surface area (Å²) < 4.78 is 0. The van der Waals surface area contributed by atoms with Crippen molar-refractivity contribution in [3.05, 3.63) is 0 Å². The van der Waals surface area contributed by atoms with E-state index < -0.39 is 5.97 Å². The number of hydrogen-bond donors (Lipinski definition) is 2. The summed E-state index contributed by atoms with van der Waals surface area (Å²) in [5.41, 5.74) is 0. The molecule has 0 spiro atoms. The molecule has 0 aromatic rings. The molecule has 17 heavy (non-hydrogen) atoms. The van der Waals surface area contributed by atoms with Crippen molar-refractivity contribution in [1.82, 2.24) is 10.2 Å². The SMILES string of the molecule is CCN(CCC(=O)O)C(=O)NCCCCSC. The van der Waals surface area contributed by atoms with Crippen LogP contribution in [-0.4, -0.2) is 53.6 Å². The number of rotatable bonds is 9. The molecule has 0 aromatic heterocycles. The Kier molecular flexibility index (Phi) is 9.71. The summed E-state index contributed by atoms with van der Waals surface area (Å²) in [5, 5.41) is 11.4. The van der Waals surface area contributed by atoms with Crippen LogP contribution in [0.5, 0.6) is 0 Å². The highest BCUT2D eigenvalue weighted by Crippen LogP contribution is 1.98. The highest BCUT2D eigenvalue weighted by molar-refractivity contribution is 7.98. The zero-order chi connectivity index (χ0) is 13.1. The molecule has 100 valence electrons. The maximum Gasteiger partial charge on any atom is 0.317 e. The van der Waals surface area contributed by atoms with Gasteiger partial charge in [0.15, 0.2) is 0 Å². The first-order valence-electron chi connectivity index (χ1n) is 5.85. The van der Waals surface area contributed by atoms with Crippen LogP contribution in [0.2, 0.25) is 0 Å². The topological polar surface area (TPSA) is 69.6 Å². The minimum Gasteiger partial charge on any atom is -0.481 e. The number of unbranched alkanes of at least 4 members (excludes halogenated alkanes) is 1. The van der Waals surface area contributed by atoms with Gasteiger partial charge in [-0.05, 0) is 31.8 Å². The number of carbonyl (C=O) groups is 2. The van der Waals surface area contributed by atoms with Crippen LogP contribution < -0.4 is 5.32 Å². The predicted octanol–water partition coefficient (Wildman–Crippen LogP) is 1.64. The average Bonchev–Trinajstić information content (AvgIpc) is 2.29. The van der Waals surface area contributed by atoms with E-state index in [4.69, 9.17) is 5.11 Å². The molecule has 0 saturated carbocycles.